The standard InChI is InChI=1S/C21H29FN4.HI/c1-5-26(4)15-19-8-6-7-17(11-19)13-24-21(23-3)25-14-18-10-9-16(2)20(22)12-18;/h6-12H,5,13-15H2,1-4H3,(H2,23,24,25);1H. The Bertz CT molecular complexity index is 749. The van der Waals surface area contributed by atoms with Crippen molar-refractivity contribution >= 4 is 29.9 Å². The molecule has 0 saturated heterocycles. The van der Waals surface area contributed by atoms with Gasteiger partial charge < -0.3 is 15.5 Å². The van der Waals surface area contributed by atoms with Crippen molar-refractivity contribution in [2.45, 2.75) is 33.5 Å². The Hall–Kier alpha value is -1.67. The molecular weight excluding hydrogens is 454 g/mol. The van der Waals surface area contributed by atoms with Crippen LogP contribution in [0.3, 0.4) is 0 Å². The van der Waals surface area contributed by atoms with Gasteiger partial charge in [-0.05, 0) is 48.8 Å². The minimum absolute atomic E-state index is 0. The van der Waals surface area contributed by atoms with Crippen LogP contribution in [0.4, 0.5) is 4.39 Å². The van der Waals surface area contributed by atoms with Crippen molar-refractivity contribution in [3.05, 3.63) is 70.5 Å². The fourth-order valence-electron chi connectivity index (χ4n) is 2.60. The summed E-state index contributed by atoms with van der Waals surface area (Å²) < 4.78 is 13.6. The summed E-state index contributed by atoms with van der Waals surface area (Å²) in [4.78, 5) is 6.51. The zero-order valence-electron chi connectivity index (χ0n) is 16.6. The molecule has 0 aliphatic heterocycles. The second kappa shape index (κ2) is 11.9. The molecule has 6 heteroatoms. The lowest BCUT2D eigenvalue weighted by Crippen LogP contribution is -2.36. The first-order valence-corrected chi connectivity index (χ1v) is 8.97. The zero-order chi connectivity index (χ0) is 18.9. The van der Waals surface area contributed by atoms with E-state index in [9.17, 15) is 4.39 Å². The lowest BCUT2D eigenvalue weighted by atomic mass is 10.1. The summed E-state index contributed by atoms with van der Waals surface area (Å²) in [6, 6.07) is 13.8. The topological polar surface area (TPSA) is 39.7 Å². The number of hydrogen-bond acceptors (Lipinski definition) is 2. The van der Waals surface area contributed by atoms with Crippen molar-refractivity contribution in [1.82, 2.24) is 15.5 Å². The maximum atomic E-state index is 13.6. The molecule has 0 aromatic heterocycles. The van der Waals surface area contributed by atoms with Crippen LogP contribution in [0.5, 0.6) is 0 Å². The monoisotopic (exact) mass is 484 g/mol. The van der Waals surface area contributed by atoms with Crippen LogP contribution >= 0.6 is 24.0 Å². The second-order valence-electron chi connectivity index (χ2n) is 6.51. The molecule has 27 heavy (non-hydrogen) atoms. The second-order valence-corrected chi connectivity index (χ2v) is 6.51. The van der Waals surface area contributed by atoms with Gasteiger partial charge in [0.2, 0.25) is 0 Å². The van der Waals surface area contributed by atoms with E-state index in [2.05, 4.69) is 58.8 Å². The Labute approximate surface area is 179 Å². The van der Waals surface area contributed by atoms with Crippen LogP contribution in [0.1, 0.15) is 29.2 Å². The van der Waals surface area contributed by atoms with Crippen LogP contribution in [0.2, 0.25) is 0 Å². The highest BCUT2D eigenvalue weighted by atomic mass is 127. The van der Waals surface area contributed by atoms with Crippen LogP contribution in [0.25, 0.3) is 0 Å². The summed E-state index contributed by atoms with van der Waals surface area (Å²) in [6.45, 7) is 7.10. The lowest BCUT2D eigenvalue weighted by Gasteiger charge is -2.15. The fourth-order valence-corrected chi connectivity index (χ4v) is 2.60. The van der Waals surface area contributed by atoms with E-state index in [1.165, 1.54) is 11.1 Å². The van der Waals surface area contributed by atoms with E-state index >= 15 is 0 Å². The van der Waals surface area contributed by atoms with Crippen molar-refractivity contribution in [3.63, 3.8) is 0 Å². The molecule has 0 amide bonds. The molecule has 0 saturated carbocycles. The third-order valence-corrected chi connectivity index (χ3v) is 4.36. The number of guanidine groups is 1. The van der Waals surface area contributed by atoms with Gasteiger partial charge in [0.15, 0.2) is 5.96 Å². The normalized spacial score (nSPS) is 11.3. The van der Waals surface area contributed by atoms with Gasteiger partial charge in [-0.15, -0.1) is 24.0 Å². The van der Waals surface area contributed by atoms with E-state index in [-0.39, 0.29) is 29.8 Å². The summed E-state index contributed by atoms with van der Waals surface area (Å²) in [5, 5.41) is 6.53. The molecule has 0 heterocycles. The Balaban J connectivity index is 0.00000364. The summed E-state index contributed by atoms with van der Waals surface area (Å²) in [5.74, 6) is 0.517. The van der Waals surface area contributed by atoms with Crippen molar-refractivity contribution in [1.29, 1.82) is 0 Å². The summed E-state index contributed by atoms with van der Waals surface area (Å²) in [6.07, 6.45) is 0. The molecule has 4 nitrogen and oxygen atoms in total. The van der Waals surface area contributed by atoms with Crippen LogP contribution in [-0.4, -0.2) is 31.5 Å². The summed E-state index contributed by atoms with van der Waals surface area (Å²) in [5.41, 5.74) is 4.05. The zero-order valence-corrected chi connectivity index (χ0v) is 18.9. The maximum Gasteiger partial charge on any atom is 0.191 e. The quantitative estimate of drug-likeness (QED) is 0.354. The van der Waals surface area contributed by atoms with Gasteiger partial charge >= 0.3 is 0 Å². The number of hydrogen-bond donors (Lipinski definition) is 2. The molecular formula is C21H30FIN4. The van der Waals surface area contributed by atoms with Crippen LogP contribution in [0, 0.1) is 12.7 Å². The summed E-state index contributed by atoms with van der Waals surface area (Å²) in [7, 11) is 3.85. The Morgan fingerprint density at radius 3 is 2.26 bits per heavy atom. The number of halogens is 2. The van der Waals surface area contributed by atoms with E-state index < -0.39 is 0 Å². The van der Waals surface area contributed by atoms with E-state index in [1.54, 1.807) is 26.1 Å². The molecule has 0 spiro atoms. The maximum absolute atomic E-state index is 13.6. The van der Waals surface area contributed by atoms with Crippen LogP contribution in [0.15, 0.2) is 47.5 Å². The Morgan fingerprint density at radius 2 is 1.67 bits per heavy atom. The highest BCUT2D eigenvalue weighted by Gasteiger charge is 2.03. The number of aliphatic imine (C=N–C) groups is 1. The number of nitrogens with one attached hydrogen (secondary N) is 2. The predicted molar refractivity (Wildman–Crippen MR) is 122 cm³/mol. The number of benzene rings is 2. The molecule has 0 atom stereocenters. The van der Waals surface area contributed by atoms with Gasteiger partial charge in [0.25, 0.3) is 0 Å². The summed E-state index contributed by atoms with van der Waals surface area (Å²) >= 11 is 0. The molecule has 2 aromatic rings. The van der Waals surface area contributed by atoms with E-state index in [4.69, 9.17) is 0 Å². The minimum atomic E-state index is -0.180. The third-order valence-electron chi connectivity index (χ3n) is 4.36. The van der Waals surface area contributed by atoms with Crippen molar-refractivity contribution in [2.75, 3.05) is 20.6 Å². The van der Waals surface area contributed by atoms with Crippen LogP contribution < -0.4 is 10.6 Å². The smallest absolute Gasteiger partial charge is 0.191 e. The van der Waals surface area contributed by atoms with Crippen molar-refractivity contribution < 1.29 is 4.39 Å². The molecule has 0 fully saturated rings. The average Bonchev–Trinajstić information content (AvgIpc) is 2.65. The van der Waals surface area contributed by atoms with Crippen molar-refractivity contribution in [2.24, 2.45) is 4.99 Å². The fraction of sp³-hybridized carbons (Fsp3) is 0.381. The van der Waals surface area contributed by atoms with Gasteiger partial charge in [-0.25, -0.2) is 4.39 Å². The molecule has 0 aliphatic rings. The average molecular weight is 484 g/mol. The Kier molecular flexibility index (Phi) is 10.3. The first kappa shape index (κ1) is 23.4. The molecule has 0 bridgehead atoms. The molecule has 148 valence electrons. The van der Waals surface area contributed by atoms with Gasteiger partial charge in [-0.3, -0.25) is 4.99 Å². The van der Waals surface area contributed by atoms with E-state index in [1.807, 2.05) is 6.07 Å². The first-order chi connectivity index (χ1) is 12.5. The minimum Gasteiger partial charge on any atom is -0.352 e. The van der Waals surface area contributed by atoms with Gasteiger partial charge in [0, 0.05) is 26.7 Å². The largest absolute Gasteiger partial charge is 0.352 e. The molecule has 0 aliphatic carbocycles. The SMILES string of the molecule is CCN(C)Cc1cccc(CNC(=NC)NCc2ccc(C)c(F)c2)c1.I. The van der Waals surface area contributed by atoms with Gasteiger partial charge in [0.05, 0.1) is 0 Å². The van der Waals surface area contributed by atoms with E-state index in [0.29, 0.717) is 24.6 Å². The molecule has 2 N–H and O–H groups in total. The highest BCUT2D eigenvalue weighted by Crippen LogP contribution is 2.09. The molecule has 2 rings (SSSR count). The predicted octanol–water partition coefficient (Wildman–Crippen LogP) is 4.07. The van der Waals surface area contributed by atoms with Gasteiger partial charge in [-0.2, -0.15) is 0 Å². The molecule has 0 radical (unpaired) electrons. The Morgan fingerprint density at radius 1 is 1.04 bits per heavy atom. The van der Waals surface area contributed by atoms with Gasteiger partial charge in [-0.1, -0.05) is 43.3 Å². The highest BCUT2D eigenvalue weighted by molar-refractivity contribution is 14.0. The lowest BCUT2D eigenvalue weighted by molar-refractivity contribution is 0.345. The van der Waals surface area contributed by atoms with Gasteiger partial charge in [0.1, 0.15) is 5.82 Å². The molecule has 2 aromatic carbocycles. The third kappa shape index (κ3) is 7.84. The first-order valence-electron chi connectivity index (χ1n) is 8.97. The van der Waals surface area contributed by atoms with Crippen LogP contribution in [-0.2, 0) is 19.6 Å². The van der Waals surface area contributed by atoms with E-state index in [0.717, 1.165) is 18.7 Å². The number of rotatable bonds is 7. The van der Waals surface area contributed by atoms with Crippen molar-refractivity contribution in [3.8, 4) is 0 Å². The number of nitrogens with zero attached hydrogens (tertiary/aromatic N) is 2. The molecule has 0 unspecified atom stereocenters. The number of aryl methyl sites for hydroxylation is 1.